The van der Waals surface area contributed by atoms with Gasteiger partial charge < -0.3 is 0 Å². The van der Waals surface area contributed by atoms with Crippen LogP contribution < -0.4 is 5.19 Å². The topological polar surface area (TPSA) is 17.1 Å². The first-order chi connectivity index (χ1) is 8.74. The molecule has 0 unspecified atom stereocenters. The molecular weight excluding hydrogens is 236 g/mol. The molecule has 0 heterocycles. The molecule has 0 spiro atoms. The van der Waals surface area contributed by atoms with Crippen molar-refractivity contribution in [3.8, 4) is 0 Å². The van der Waals surface area contributed by atoms with Gasteiger partial charge in [-0.1, -0.05) is 42.5 Å². The molecule has 1 nitrogen and oxygen atoms in total. The molecule has 93 valence electrons. The average Bonchev–Trinajstić information content (AvgIpc) is 2.39. The van der Waals surface area contributed by atoms with Gasteiger partial charge in [-0.3, -0.25) is 4.79 Å². The van der Waals surface area contributed by atoms with Crippen molar-refractivity contribution in [2.24, 2.45) is 0 Å². The summed E-state index contributed by atoms with van der Waals surface area (Å²) in [5, 5.41) is 1.14. The summed E-state index contributed by atoms with van der Waals surface area (Å²) in [6, 6.07) is 10.5. The minimum absolute atomic E-state index is 0.676. The van der Waals surface area contributed by atoms with Crippen LogP contribution in [-0.2, 0) is 4.79 Å². The molecule has 1 aromatic carbocycles. The van der Waals surface area contributed by atoms with Crippen LogP contribution in [0.1, 0.15) is 5.56 Å². The lowest BCUT2D eigenvalue weighted by Gasteiger charge is -2.30. The molecule has 2 heteroatoms. The first kappa shape index (κ1) is 14.4. The number of benzene rings is 1. The van der Waals surface area contributed by atoms with Crippen molar-refractivity contribution >= 4 is 19.5 Å². The largest absolute Gasteiger partial charge is 0.285 e. The Morgan fingerprint density at radius 3 is 1.94 bits per heavy atom. The third kappa shape index (κ3) is 2.96. The Morgan fingerprint density at radius 1 is 1.00 bits per heavy atom. The Hall–Kier alpha value is -1.67. The molecule has 0 atom stereocenters. The van der Waals surface area contributed by atoms with Gasteiger partial charge in [0.2, 0.25) is 6.29 Å². The maximum Gasteiger partial charge on any atom is 0.233 e. The summed E-state index contributed by atoms with van der Waals surface area (Å²) in [6.07, 6.45) is 7.89. The van der Waals surface area contributed by atoms with Gasteiger partial charge in [0.25, 0.3) is 0 Å². The van der Waals surface area contributed by atoms with Crippen LogP contribution in [0, 0.1) is 0 Å². The van der Waals surface area contributed by atoms with Crippen LogP contribution in [0.2, 0.25) is 18.1 Å². The highest BCUT2D eigenvalue weighted by atomic mass is 28.3. The first-order valence-corrected chi connectivity index (χ1v) is 8.66. The van der Waals surface area contributed by atoms with Crippen molar-refractivity contribution in [1.29, 1.82) is 0 Å². The molecule has 1 rings (SSSR count). The summed E-state index contributed by atoms with van der Waals surface area (Å²) in [4.78, 5) is 11.1. The minimum Gasteiger partial charge on any atom is -0.285 e. The average molecular weight is 255 g/mol. The summed E-state index contributed by atoms with van der Waals surface area (Å²) < 4.78 is 0. The van der Waals surface area contributed by atoms with Crippen molar-refractivity contribution in [1.82, 2.24) is 0 Å². The zero-order chi connectivity index (χ0) is 13.4. The van der Waals surface area contributed by atoms with E-state index in [2.05, 4.69) is 26.0 Å². The van der Waals surface area contributed by atoms with Gasteiger partial charge in [0.05, 0.1) is 8.07 Å². The van der Waals surface area contributed by atoms with Crippen LogP contribution in [-0.4, -0.2) is 14.4 Å². The van der Waals surface area contributed by atoms with E-state index in [0.717, 1.165) is 23.3 Å². The normalized spacial score (nSPS) is 10.7. The molecule has 0 aliphatic carbocycles. The number of rotatable bonds is 8. The summed E-state index contributed by atoms with van der Waals surface area (Å²) in [6.45, 7) is 11.6. The Kier molecular flexibility index (Phi) is 5.53. The number of hydrogen-bond acceptors (Lipinski definition) is 1. The van der Waals surface area contributed by atoms with Crippen LogP contribution in [0.15, 0.2) is 62.2 Å². The van der Waals surface area contributed by atoms with E-state index < -0.39 is 8.07 Å². The monoisotopic (exact) mass is 255 g/mol. The summed E-state index contributed by atoms with van der Waals surface area (Å²) in [5.41, 5.74) is 0.676. The lowest BCUT2D eigenvalue weighted by Crippen LogP contribution is -2.48. The molecule has 0 aliphatic rings. The van der Waals surface area contributed by atoms with E-state index in [9.17, 15) is 4.79 Å². The highest BCUT2D eigenvalue weighted by Gasteiger charge is 2.33. The predicted molar refractivity (Wildman–Crippen MR) is 81.6 cm³/mol. The fourth-order valence-electron chi connectivity index (χ4n) is 2.44. The van der Waals surface area contributed by atoms with E-state index in [1.165, 1.54) is 0 Å². The van der Waals surface area contributed by atoms with E-state index in [-0.39, 0.29) is 0 Å². The molecule has 0 saturated heterocycles. The van der Waals surface area contributed by atoms with Gasteiger partial charge in [-0.05, 0) is 23.3 Å². The molecule has 0 aliphatic heterocycles. The summed E-state index contributed by atoms with van der Waals surface area (Å²) >= 11 is 0. The maximum atomic E-state index is 11.1. The quantitative estimate of drug-likeness (QED) is 0.514. The Morgan fingerprint density at radius 2 is 1.50 bits per heavy atom. The van der Waals surface area contributed by atoms with Crippen molar-refractivity contribution in [3.05, 3.63) is 67.8 Å². The SMILES string of the molecule is C=CC[Si](CC=C)(CC=C)c1ccccc1[C]=O. The highest BCUT2D eigenvalue weighted by molar-refractivity contribution is 6.93. The van der Waals surface area contributed by atoms with Gasteiger partial charge in [0, 0.05) is 5.56 Å². The fraction of sp³-hybridized carbons (Fsp3) is 0.188. The third-order valence-electron chi connectivity index (χ3n) is 3.21. The molecule has 1 radical (unpaired) electrons. The van der Waals surface area contributed by atoms with Crippen LogP contribution >= 0.6 is 0 Å². The van der Waals surface area contributed by atoms with Crippen molar-refractivity contribution in [2.45, 2.75) is 18.1 Å². The lowest BCUT2D eigenvalue weighted by atomic mass is 10.2. The van der Waals surface area contributed by atoms with E-state index >= 15 is 0 Å². The molecule has 1 aromatic rings. The molecule has 0 amide bonds. The van der Waals surface area contributed by atoms with Gasteiger partial charge in [-0.2, -0.15) is 0 Å². The molecule has 0 bridgehead atoms. The molecule has 0 fully saturated rings. The van der Waals surface area contributed by atoms with Crippen molar-refractivity contribution < 1.29 is 4.79 Å². The number of allylic oxidation sites excluding steroid dienone is 3. The van der Waals surface area contributed by atoms with Crippen LogP contribution in [0.5, 0.6) is 0 Å². The van der Waals surface area contributed by atoms with Crippen molar-refractivity contribution in [3.63, 3.8) is 0 Å². The Labute approximate surface area is 111 Å². The van der Waals surface area contributed by atoms with Gasteiger partial charge in [-0.25, -0.2) is 0 Å². The second-order valence-corrected chi connectivity index (χ2v) is 8.73. The van der Waals surface area contributed by atoms with E-state index in [4.69, 9.17) is 0 Å². The van der Waals surface area contributed by atoms with Crippen molar-refractivity contribution in [2.75, 3.05) is 0 Å². The minimum atomic E-state index is -1.85. The third-order valence-corrected chi connectivity index (χ3v) is 8.00. The smallest absolute Gasteiger partial charge is 0.233 e. The lowest BCUT2D eigenvalue weighted by molar-refractivity contribution is 0.563. The standard InChI is InChI=1S/C16H19OSi/c1-4-11-18(12-5-2,13-6-3)16-10-8-7-9-15(16)14-17/h4-10H,1-3,11-13H2. The molecule has 18 heavy (non-hydrogen) atoms. The molecule has 0 N–H and O–H groups in total. The Bertz CT molecular complexity index is 422. The second kappa shape index (κ2) is 6.92. The predicted octanol–water partition coefficient (Wildman–Crippen LogP) is 3.36. The van der Waals surface area contributed by atoms with Gasteiger partial charge >= 0.3 is 0 Å². The summed E-state index contributed by atoms with van der Waals surface area (Å²) in [5.74, 6) is 0. The second-order valence-electron chi connectivity index (χ2n) is 4.41. The highest BCUT2D eigenvalue weighted by Crippen LogP contribution is 2.23. The van der Waals surface area contributed by atoms with Crippen LogP contribution in [0.4, 0.5) is 0 Å². The fourth-order valence-corrected chi connectivity index (χ4v) is 6.42. The van der Waals surface area contributed by atoms with Gasteiger partial charge in [-0.15, -0.1) is 19.7 Å². The zero-order valence-corrected chi connectivity index (χ0v) is 11.7. The van der Waals surface area contributed by atoms with Crippen LogP contribution in [0.3, 0.4) is 0 Å². The molecular formula is C16H19OSi. The Balaban J connectivity index is 3.37. The molecule has 0 saturated carbocycles. The van der Waals surface area contributed by atoms with E-state index in [0.29, 0.717) is 5.56 Å². The maximum absolute atomic E-state index is 11.1. The van der Waals surface area contributed by atoms with Gasteiger partial charge in [0.15, 0.2) is 0 Å². The van der Waals surface area contributed by atoms with Gasteiger partial charge in [0.1, 0.15) is 0 Å². The van der Waals surface area contributed by atoms with Crippen LogP contribution in [0.25, 0.3) is 0 Å². The first-order valence-electron chi connectivity index (χ1n) is 6.04. The summed E-state index contributed by atoms with van der Waals surface area (Å²) in [7, 11) is -1.85. The molecule has 0 aromatic heterocycles. The van der Waals surface area contributed by atoms with E-state index in [1.807, 2.05) is 42.5 Å². The zero-order valence-electron chi connectivity index (χ0n) is 10.7. The van der Waals surface area contributed by atoms with E-state index in [1.54, 1.807) is 0 Å². The number of carbonyl (C=O) groups excluding carboxylic acids is 1. The number of hydrogen-bond donors (Lipinski definition) is 0.